The van der Waals surface area contributed by atoms with Crippen LogP contribution in [0.1, 0.15) is 16.8 Å². The van der Waals surface area contributed by atoms with E-state index in [2.05, 4.69) is 60.6 Å². The third kappa shape index (κ3) is 3.60. The molecule has 2 aromatic rings. The number of morpholine rings is 1. The first kappa shape index (κ1) is 16.5. The van der Waals surface area contributed by atoms with Crippen LogP contribution in [0.5, 0.6) is 0 Å². The summed E-state index contributed by atoms with van der Waals surface area (Å²) in [4.78, 5) is 4.79. The van der Waals surface area contributed by atoms with Gasteiger partial charge in [0.05, 0.1) is 13.2 Å². The van der Waals surface area contributed by atoms with Gasteiger partial charge in [0.15, 0.2) is 0 Å². The van der Waals surface area contributed by atoms with E-state index in [1.54, 1.807) is 0 Å². The fraction of sp³-hybridized carbons (Fsp3) is 0.579. The molecule has 0 N–H and O–H groups in total. The van der Waals surface area contributed by atoms with Crippen LogP contribution in [0.3, 0.4) is 0 Å². The summed E-state index contributed by atoms with van der Waals surface area (Å²) in [6.45, 7) is 8.09. The van der Waals surface area contributed by atoms with Crippen LogP contribution in [0.4, 0.5) is 0 Å². The van der Waals surface area contributed by atoms with Gasteiger partial charge in [0.25, 0.3) is 0 Å². The van der Waals surface area contributed by atoms with Gasteiger partial charge in [-0.15, -0.1) is 0 Å². The van der Waals surface area contributed by atoms with Crippen molar-refractivity contribution >= 4 is 10.9 Å². The third-order valence-corrected chi connectivity index (χ3v) is 4.87. The van der Waals surface area contributed by atoms with Crippen molar-refractivity contribution in [1.29, 1.82) is 0 Å². The van der Waals surface area contributed by atoms with Crippen LogP contribution in [0.15, 0.2) is 18.2 Å². The molecule has 3 rings (SSSR count). The van der Waals surface area contributed by atoms with Crippen molar-refractivity contribution in [2.24, 2.45) is 7.05 Å². The minimum Gasteiger partial charge on any atom is -0.379 e. The van der Waals surface area contributed by atoms with Crippen molar-refractivity contribution in [1.82, 2.24) is 14.4 Å². The minimum atomic E-state index is 0.858. The smallest absolute Gasteiger partial charge is 0.0594 e. The zero-order valence-corrected chi connectivity index (χ0v) is 14.9. The number of likely N-dealkylation sites (N-methyl/N-ethyl adjacent to an activating group) is 1. The lowest BCUT2D eigenvalue weighted by molar-refractivity contribution is 0.0342. The molecule has 1 aliphatic rings. The molecule has 1 fully saturated rings. The van der Waals surface area contributed by atoms with E-state index in [-0.39, 0.29) is 0 Å². The van der Waals surface area contributed by atoms with Gasteiger partial charge in [0.1, 0.15) is 0 Å². The molecule has 0 amide bonds. The summed E-state index contributed by atoms with van der Waals surface area (Å²) < 4.78 is 7.90. The van der Waals surface area contributed by atoms with E-state index in [0.29, 0.717) is 0 Å². The van der Waals surface area contributed by atoms with Crippen molar-refractivity contribution in [2.75, 3.05) is 46.9 Å². The Kier molecular flexibility index (Phi) is 5.05. The van der Waals surface area contributed by atoms with E-state index < -0.39 is 0 Å². The van der Waals surface area contributed by atoms with Gasteiger partial charge in [0, 0.05) is 56.2 Å². The molecule has 0 atom stereocenters. The van der Waals surface area contributed by atoms with Crippen LogP contribution in [0, 0.1) is 6.92 Å². The molecule has 1 saturated heterocycles. The Labute approximate surface area is 139 Å². The van der Waals surface area contributed by atoms with Crippen molar-refractivity contribution < 1.29 is 4.74 Å². The number of hydrogen-bond acceptors (Lipinski definition) is 3. The van der Waals surface area contributed by atoms with Crippen LogP contribution in [-0.2, 0) is 24.8 Å². The second-order valence-corrected chi connectivity index (χ2v) is 6.95. The Balaban J connectivity index is 1.99. The predicted octanol–water partition coefficient (Wildman–Crippen LogP) is 2.42. The highest BCUT2D eigenvalue weighted by Crippen LogP contribution is 2.28. The SMILES string of the molecule is Cc1ccc2c(c1)c(CN1CCOCC1)c(CCN(C)C)n2C. The monoisotopic (exact) mass is 315 g/mol. The number of benzene rings is 1. The summed E-state index contributed by atoms with van der Waals surface area (Å²) in [5, 5.41) is 1.42. The topological polar surface area (TPSA) is 20.6 Å². The van der Waals surface area contributed by atoms with Crippen LogP contribution < -0.4 is 0 Å². The van der Waals surface area contributed by atoms with Gasteiger partial charge in [-0.05, 0) is 38.7 Å². The maximum Gasteiger partial charge on any atom is 0.0594 e. The molecule has 23 heavy (non-hydrogen) atoms. The average molecular weight is 315 g/mol. The number of aryl methyl sites for hydroxylation is 2. The highest BCUT2D eigenvalue weighted by Gasteiger charge is 2.19. The Bertz CT molecular complexity index is 669. The molecular formula is C19H29N3O. The van der Waals surface area contributed by atoms with Gasteiger partial charge >= 0.3 is 0 Å². The number of ether oxygens (including phenoxy) is 1. The van der Waals surface area contributed by atoms with Gasteiger partial charge in [-0.3, -0.25) is 4.90 Å². The first-order valence-corrected chi connectivity index (χ1v) is 8.58. The molecule has 1 aromatic carbocycles. The minimum absolute atomic E-state index is 0.858. The summed E-state index contributed by atoms with van der Waals surface area (Å²) in [5.41, 5.74) is 5.68. The van der Waals surface area contributed by atoms with E-state index in [4.69, 9.17) is 4.74 Å². The molecule has 0 aliphatic carbocycles. The molecule has 2 heterocycles. The van der Waals surface area contributed by atoms with E-state index in [1.165, 1.54) is 27.7 Å². The summed E-state index contributed by atoms with van der Waals surface area (Å²) in [5.74, 6) is 0. The number of rotatable bonds is 5. The van der Waals surface area contributed by atoms with Gasteiger partial charge in [-0.2, -0.15) is 0 Å². The Morgan fingerprint density at radius 1 is 1.17 bits per heavy atom. The molecule has 4 nitrogen and oxygen atoms in total. The molecule has 4 heteroatoms. The van der Waals surface area contributed by atoms with Crippen LogP contribution in [-0.4, -0.2) is 61.3 Å². The van der Waals surface area contributed by atoms with Crippen molar-refractivity contribution in [2.45, 2.75) is 19.9 Å². The Hall–Kier alpha value is -1.36. The lowest BCUT2D eigenvalue weighted by atomic mass is 10.1. The molecule has 1 aliphatic heterocycles. The summed E-state index contributed by atoms with van der Waals surface area (Å²) in [6.07, 6.45) is 1.09. The molecule has 0 radical (unpaired) electrons. The second-order valence-electron chi connectivity index (χ2n) is 6.95. The average Bonchev–Trinajstić information content (AvgIpc) is 2.78. The maximum atomic E-state index is 5.50. The normalized spacial score (nSPS) is 16.6. The highest BCUT2D eigenvalue weighted by molar-refractivity contribution is 5.86. The molecular weight excluding hydrogens is 286 g/mol. The summed E-state index contributed by atoms with van der Waals surface area (Å²) >= 11 is 0. The number of aromatic nitrogens is 1. The van der Waals surface area contributed by atoms with E-state index in [1.807, 2.05) is 0 Å². The molecule has 0 saturated carbocycles. The van der Waals surface area contributed by atoms with Crippen LogP contribution >= 0.6 is 0 Å². The number of fused-ring (bicyclic) bond motifs is 1. The Morgan fingerprint density at radius 3 is 2.61 bits per heavy atom. The molecule has 0 unspecified atom stereocenters. The summed E-state index contributed by atoms with van der Waals surface area (Å²) in [6, 6.07) is 6.84. The fourth-order valence-corrected chi connectivity index (χ4v) is 3.49. The first-order chi connectivity index (χ1) is 11.1. The lowest BCUT2D eigenvalue weighted by Crippen LogP contribution is -2.36. The standard InChI is InChI=1S/C19H29N3O/c1-15-5-6-18-16(13-15)17(14-22-9-11-23-12-10-22)19(21(18)4)7-8-20(2)3/h5-6,13H,7-12,14H2,1-4H3. The van der Waals surface area contributed by atoms with Crippen LogP contribution in [0.2, 0.25) is 0 Å². The first-order valence-electron chi connectivity index (χ1n) is 8.58. The van der Waals surface area contributed by atoms with Gasteiger partial charge in [-0.25, -0.2) is 0 Å². The molecule has 126 valence electrons. The second kappa shape index (κ2) is 7.04. The molecule has 1 aromatic heterocycles. The van der Waals surface area contributed by atoms with Gasteiger partial charge < -0.3 is 14.2 Å². The fourth-order valence-electron chi connectivity index (χ4n) is 3.49. The maximum absolute atomic E-state index is 5.50. The zero-order valence-electron chi connectivity index (χ0n) is 14.9. The van der Waals surface area contributed by atoms with E-state index in [9.17, 15) is 0 Å². The Morgan fingerprint density at radius 2 is 1.91 bits per heavy atom. The lowest BCUT2D eigenvalue weighted by Gasteiger charge is -2.27. The van der Waals surface area contributed by atoms with Crippen molar-refractivity contribution in [3.63, 3.8) is 0 Å². The zero-order chi connectivity index (χ0) is 16.4. The highest BCUT2D eigenvalue weighted by atomic mass is 16.5. The predicted molar refractivity (Wildman–Crippen MR) is 96.0 cm³/mol. The number of nitrogens with zero attached hydrogens (tertiary/aromatic N) is 3. The quantitative estimate of drug-likeness (QED) is 0.845. The van der Waals surface area contributed by atoms with Crippen molar-refractivity contribution in [3.8, 4) is 0 Å². The van der Waals surface area contributed by atoms with Gasteiger partial charge in [0.2, 0.25) is 0 Å². The molecule has 0 spiro atoms. The number of hydrogen-bond donors (Lipinski definition) is 0. The largest absolute Gasteiger partial charge is 0.379 e. The van der Waals surface area contributed by atoms with E-state index >= 15 is 0 Å². The summed E-state index contributed by atoms with van der Waals surface area (Å²) in [7, 11) is 6.51. The van der Waals surface area contributed by atoms with Crippen LogP contribution in [0.25, 0.3) is 10.9 Å². The van der Waals surface area contributed by atoms with Crippen molar-refractivity contribution in [3.05, 3.63) is 35.0 Å². The van der Waals surface area contributed by atoms with E-state index in [0.717, 1.165) is 45.8 Å². The van der Waals surface area contributed by atoms with Gasteiger partial charge in [-0.1, -0.05) is 11.6 Å². The third-order valence-electron chi connectivity index (χ3n) is 4.87. The molecule has 0 bridgehead atoms.